The Labute approximate surface area is 110 Å². The van der Waals surface area contributed by atoms with Crippen molar-refractivity contribution in [3.8, 4) is 22.6 Å². The number of ether oxygens (including phenoxy) is 2. The highest BCUT2D eigenvalue weighted by Crippen LogP contribution is 2.39. The maximum Gasteiger partial charge on any atom is 0.231 e. The summed E-state index contributed by atoms with van der Waals surface area (Å²) in [5.41, 5.74) is 3.15. The summed E-state index contributed by atoms with van der Waals surface area (Å²) < 4.78 is 10.8. The van der Waals surface area contributed by atoms with Crippen molar-refractivity contribution in [2.45, 2.75) is 0 Å². The first-order valence-electron chi connectivity index (χ1n) is 5.60. The van der Waals surface area contributed by atoms with Crippen LogP contribution in [0.5, 0.6) is 11.5 Å². The zero-order chi connectivity index (χ0) is 12.5. The number of benzene rings is 2. The molecule has 0 amide bonds. The smallest absolute Gasteiger partial charge is 0.231 e. The minimum atomic E-state index is 0.274. The van der Waals surface area contributed by atoms with E-state index in [1.165, 1.54) is 0 Å². The molecule has 18 heavy (non-hydrogen) atoms. The predicted molar refractivity (Wildman–Crippen MR) is 73.1 cm³/mol. The Morgan fingerprint density at radius 3 is 2.39 bits per heavy atom. The summed E-state index contributed by atoms with van der Waals surface area (Å²) in [7, 11) is 0. The van der Waals surface area contributed by atoms with Gasteiger partial charge in [0.05, 0.1) is 0 Å². The van der Waals surface area contributed by atoms with E-state index in [4.69, 9.17) is 21.1 Å². The number of halogens is 1. The van der Waals surface area contributed by atoms with Gasteiger partial charge in [0.1, 0.15) is 0 Å². The van der Waals surface area contributed by atoms with Gasteiger partial charge in [-0.1, -0.05) is 36.4 Å². The summed E-state index contributed by atoms with van der Waals surface area (Å²) in [6.07, 6.45) is 1.81. The number of hydrogen-bond donors (Lipinski definition) is 0. The fourth-order valence-corrected chi connectivity index (χ4v) is 2.13. The SMILES string of the molecule is C=Cc1cc2c(cc1-c1ccc(Cl)cc1)OCO2. The lowest BCUT2D eigenvalue weighted by atomic mass is 9.99. The van der Waals surface area contributed by atoms with E-state index in [9.17, 15) is 0 Å². The first kappa shape index (κ1) is 11.2. The van der Waals surface area contributed by atoms with Crippen LogP contribution in [-0.2, 0) is 0 Å². The molecule has 0 aliphatic carbocycles. The van der Waals surface area contributed by atoms with Gasteiger partial charge in [0, 0.05) is 5.02 Å². The monoisotopic (exact) mass is 258 g/mol. The molecular formula is C15H11ClO2. The van der Waals surface area contributed by atoms with Gasteiger partial charge in [-0.3, -0.25) is 0 Å². The molecule has 2 nitrogen and oxygen atoms in total. The van der Waals surface area contributed by atoms with Gasteiger partial charge in [0.2, 0.25) is 6.79 Å². The van der Waals surface area contributed by atoms with Crippen LogP contribution in [0.15, 0.2) is 43.0 Å². The van der Waals surface area contributed by atoms with Crippen molar-refractivity contribution in [2.75, 3.05) is 6.79 Å². The fourth-order valence-electron chi connectivity index (χ4n) is 2.01. The van der Waals surface area contributed by atoms with Crippen molar-refractivity contribution in [3.05, 3.63) is 53.6 Å². The Balaban J connectivity index is 2.16. The average molecular weight is 259 g/mol. The largest absolute Gasteiger partial charge is 0.454 e. The van der Waals surface area contributed by atoms with E-state index in [2.05, 4.69) is 6.58 Å². The van der Waals surface area contributed by atoms with Gasteiger partial charge in [0.25, 0.3) is 0 Å². The number of hydrogen-bond acceptors (Lipinski definition) is 2. The van der Waals surface area contributed by atoms with Gasteiger partial charge in [-0.05, 0) is 41.0 Å². The molecular weight excluding hydrogens is 248 g/mol. The topological polar surface area (TPSA) is 18.5 Å². The molecule has 0 saturated carbocycles. The molecule has 0 atom stereocenters. The van der Waals surface area contributed by atoms with E-state index in [0.29, 0.717) is 0 Å². The Hall–Kier alpha value is -1.93. The molecule has 0 bridgehead atoms. The second kappa shape index (κ2) is 4.39. The van der Waals surface area contributed by atoms with Crippen LogP contribution in [0.3, 0.4) is 0 Å². The van der Waals surface area contributed by atoms with Gasteiger partial charge >= 0.3 is 0 Å². The number of rotatable bonds is 2. The highest BCUT2D eigenvalue weighted by molar-refractivity contribution is 6.30. The van der Waals surface area contributed by atoms with Crippen molar-refractivity contribution < 1.29 is 9.47 Å². The third-order valence-corrected chi connectivity index (χ3v) is 3.17. The summed E-state index contributed by atoms with van der Waals surface area (Å²) >= 11 is 5.90. The summed E-state index contributed by atoms with van der Waals surface area (Å²) in [4.78, 5) is 0. The Morgan fingerprint density at radius 1 is 1.06 bits per heavy atom. The average Bonchev–Trinajstić information content (AvgIpc) is 2.85. The van der Waals surface area contributed by atoms with Crippen LogP contribution in [-0.4, -0.2) is 6.79 Å². The maximum atomic E-state index is 5.90. The Kier molecular flexibility index (Phi) is 2.73. The van der Waals surface area contributed by atoms with Crippen LogP contribution >= 0.6 is 11.6 Å². The molecule has 3 rings (SSSR count). The molecule has 3 heteroatoms. The van der Waals surface area contributed by atoms with Crippen molar-refractivity contribution in [2.24, 2.45) is 0 Å². The van der Waals surface area contributed by atoms with Crippen LogP contribution in [0.4, 0.5) is 0 Å². The van der Waals surface area contributed by atoms with Crippen LogP contribution in [0, 0.1) is 0 Å². The lowest BCUT2D eigenvalue weighted by Crippen LogP contribution is -1.92. The van der Waals surface area contributed by atoms with E-state index in [1.54, 1.807) is 0 Å². The first-order valence-corrected chi connectivity index (χ1v) is 5.98. The zero-order valence-electron chi connectivity index (χ0n) is 9.65. The first-order chi connectivity index (χ1) is 8.78. The molecule has 90 valence electrons. The van der Waals surface area contributed by atoms with E-state index in [0.717, 1.165) is 33.2 Å². The lowest BCUT2D eigenvalue weighted by Gasteiger charge is -2.08. The second-order valence-electron chi connectivity index (χ2n) is 4.00. The number of fused-ring (bicyclic) bond motifs is 1. The molecule has 2 aromatic carbocycles. The molecule has 0 aromatic heterocycles. The Bertz CT molecular complexity index is 603. The molecule has 0 spiro atoms. The normalized spacial score (nSPS) is 12.5. The van der Waals surface area contributed by atoms with Crippen molar-refractivity contribution in [1.29, 1.82) is 0 Å². The minimum Gasteiger partial charge on any atom is -0.454 e. The molecule has 1 aliphatic rings. The third-order valence-electron chi connectivity index (χ3n) is 2.92. The van der Waals surface area contributed by atoms with Crippen LogP contribution < -0.4 is 9.47 Å². The van der Waals surface area contributed by atoms with Crippen LogP contribution in [0.25, 0.3) is 17.2 Å². The predicted octanol–water partition coefficient (Wildman–Crippen LogP) is 4.38. The van der Waals surface area contributed by atoms with E-state index < -0.39 is 0 Å². The van der Waals surface area contributed by atoms with Gasteiger partial charge in [-0.15, -0.1) is 0 Å². The van der Waals surface area contributed by atoms with E-state index in [1.807, 2.05) is 42.5 Å². The fraction of sp³-hybridized carbons (Fsp3) is 0.0667. The van der Waals surface area contributed by atoms with Crippen LogP contribution in [0.1, 0.15) is 5.56 Å². The van der Waals surface area contributed by atoms with Crippen molar-refractivity contribution in [3.63, 3.8) is 0 Å². The van der Waals surface area contributed by atoms with Crippen molar-refractivity contribution >= 4 is 17.7 Å². The zero-order valence-corrected chi connectivity index (χ0v) is 10.4. The minimum absolute atomic E-state index is 0.274. The molecule has 2 aromatic rings. The van der Waals surface area contributed by atoms with E-state index in [-0.39, 0.29) is 6.79 Å². The lowest BCUT2D eigenvalue weighted by molar-refractivity contribution is 0.174. The van der Waals surface area contributed by atoms with Gasteiger partial charge in [0.15, 0.2) is 11.5 Å². The van der Waals surface area contributed by atoms with E-state index >= 15 is 0 Å². The molecule has 0 radical (unpaired) electrons. The standard InChI is InChI=1S/C15H11ClO2/c1-2-10-7-14-15(18-9-17-14)8-13(10)11-3-5-12(16)6-4-11/h2-8H,1,9H2. The highest BCUT2D eigenvalue weighted by atomic mass is 35.5. The van der Waals surface area contributed by atoms with Gasteiger partial charge < -0.3 is 9.47 Å². The summed E-state index contributed by atoms with van der Waals surface area (Å²) in [5.74, 6) is 1.54. The molecule has 0 saturated heterocycles. The Morgan fingerprint density at radius 2 is 1.72 bits per heavy atom. The molecule has 1 aliphatic heterocycles. The highest BCUT2D eigenvalue weighted by Gasteiger charge is 2.16. The van der Waals surface area contributed by atoms with Crippen LogP contribution in [0.2, 0.25) is 5.02 Å². The molecule has 0 N–H and O–H groups in total. The maximum absolute atomic E-state index is 5.90. The summed E-state index contributed by atoms with van der Waals surface area (Å²) in [6.45, 7) is 4.11. The summed E-state index contributed by atoms with van der Waals surface area (Å²) in [5, 5.41) is 0.722. The second-order valence-corrected chi connectivity index (χ2v) is 4.44. The quantitative estimate of drug-likeness (QED) is 0.796. The van der Waals surface area contributed by atoms with Gasteiger partial charge in [-0.25, -0.2) is 0 Å². The molecule has 0 fully saturated rings. The third kappa shape index (κ3) is 1.85. The summed E-state index contributed by atoms with van der Waals surface area (Å²) in [6, 6.07) is 11.6. The van der Waals surface area contributed by atoms with Crippen molar-refractivity contribution in [1.82, 2.24) is 0 Å². The molecule has 0 unspecified atom stereocenters. The molecule has 1 heterocycles. The van der Waals surface area contributed by atoms with Gasteiger partial charge in [-0.2, -0.15) is 0 Å².